The number of sulfonamides is 1. The molecule has 0 saturated heterocycles. The van der Waals surface area contributed by atoms with Crippen LogP contribution in [-0.2, 0) is 10.0 Å². The fourth-order valence-electron chi connectivity index (χ4n) is 1.44. The highest BCUT2D eigenvalue weighted by Gasteiger charge is 2.24. The van der Waals surface area contributed by atoms with Crippen molar-refractivity contribution in [3.63, 3.8) is 0 Å². The minimum atomic E-state index is -3.53. The van der Waals surface area contributed by atoms with E-state index in [1.165, 1.54) is 11.8 Å². The molecule has 6 heteroatoms. The van der Waals surface area contributed by atoms with Gasteiger partial charge in [0.15, 0.2) is 5.17 Å². The van der Waals surface area contributed by atoms with Crippen LogP contribution in [0.5, 0.6) is 0 Å². The number of hydrogen-bond donors (Lipinski definition) is 1. The van der Waals surface area contributed by atoms with Crippen LogP contribution in [0.25, 0.3) is 0 Å². The summed E-state index contributed by atoms with van der Waals surface area (Å²) in [7, 11) is -3.53. The Labute approximate surface area is 99.2 Å². The van der Waals surface area contributed by atoms with Crippen LogP contribution in [0.3, 0.4) is 0 Å². The number of nitrogens with zero attached hydrogens (tertiary/aromatic N) is 1. The number of rotatable bonds is 1. The van der Waals surface area contributed by atoms with E-state index in [1.807, 2.05) is 19.9 Å². The van der Waals surface area contributed by atoms with Crippen LogP contribution in [0, 0.1) is 6.92 Å². The Morgan fingerprint density at radius 1 is 1.44 bits per heavy atom. The van der Waals surface area contributed by atoms with E-state index in [-0.39, 0.29) is 4.90 Å². The monoisotopic (exact) mass is 256 g/mol. The zero-order valence-corrected chi connectivity index (χ0v) is 10.7. The van der Waals surface area contributed by atoms with Crippen LogP contribution in [0.2, 0.25) is 0 Å². The van der Waals surface area contributed by atoms with Gasteiger partial charge in [-0.1, -0.05) is 24.8 Å². The molecule has 0 amide bonds. The first-order valence-corrected chi connectivity index (χ1v) is 7.31. The van der Waals surface area contributed by atoms with Gasteiger partial charge in [-0.3, -0.25) is 0 Å². The van der Waals surface area contributed by atoms with Crippen LogP contribution < -0.4 is 5.32 Å². The third kappa shape index (κ3) is 2.08. The summed E-state index contributed by atoms with van der Waals surface area (Å²) in [5, 5.41) is 3.46. The lowest BCUT2D eigenvalue weighted by Crippen LogP contribution is -2.19. The van der Waals surface area contributed by atoms with Gasteiger partial charge in [-0.05, 0) is 30.4 Å². The fraction of sp³-hybridized carbons (Fsp3) is 0.300. The second kappa shape index (κ2) is 4.10. The van der Waals surface area contributed by atoms with Crippen LogP contribution in [0.15, 0.2) is 27.5 Å². The van der Waals surface area contributed by atoms with Crippen molar-refractivity contribution < 1.29 is 8.42 Å². The van der Waals surface area contributed by atoms with E-state index >= 15 is 0 Å². The standard InChI is InChI=1S/C10H12N2O2S2/c1-3-15-10-11-8-5-4-7(2)6-9(8)16(13,14)12-10/h4-6H,3H2,1-2H3,(H,11,12). The summed E-state index contributed by atoms with van der Waals surface area (Å²) in [6.07, 6.45) is 0. The van der Waals surface area contributed by atoms with Crippen LogP contribution in [0.4, 0.5) is 5.69 Å². The summed E-state index contributed by atoms with van der Waals surface area (Å²) in [5.74, 6) is 0.780. The molecule has 16 heavy (non-hydrogen) atoms. The molecule has 0 aromatic heterocycles. The summed E-state index contributed by atoms with van der Waals surface area (Å²) in [6, 6.07) is 5.28. The molecular formula is C10H12N2O2S2. The fourth-order valence-corrected chi connectivity index (χ4v) is 3.50. The Hall–Kier alpha value is -1.01. The predicted molar refractivity (Wildman–Crippen MR) is 67.6 cm³/mol. The number of anilines is 1. The Bertz CT molecular complexity index is 550. The molecule has 0 aliphatic carbocycles. The molecule has 4 nitrogen and oxygen atoms in total. The number of fused-ring (bicyclic) bond motifs is 1. The summed E-state index contributed by atoms with van der Waals surface area (Å²) in [4.78, 5) is 0.257. The van der Waals surface area contributed by atoms with Gasteiger partial charge in [-0.15, -0.1) is 4.40 Å². The number of thioether (sulfide) groups is 1. The van der Waals surface area contributed by atoms with Gasteiger partial charge in [0.05, 0.1) is 5.69 Å². The van der Waals surface area contributed by atoms with Gasteiger partial charge < -0.3 is 5.32 Å². The molecule has 1 aromatic carbocycles. The highest BCUT2D eigenvalue weighted by atomic mass is 32.2. The lowest BCUT2D eigenvalue weighted by molar-refractivity contribution is 0.598. The molecule has 1 heterocycles. The van der Waals surface area contributed by atoms with Crippen LogP contribution >= 0.6 is 11.8 Å². The van der Waals surface area contributed by atoms with Gasteiger partial charge in [0.1, 0.15) is 4.90 Å². The number of amidine groups is 1. The normalized spacial score (nSPS) is 17.2. The molecule has 86 valence electrons. The maximum atomic E-state index is 11.9. The molecule has 2 rings (SSSR count). The zero-order chi connectivity index (χ0) is 11.8. The Morgan fingerprint density at radius 2 is 2.19 bits per heavy atom. The van der Waals surface area contributed by atoms with Crippen molar-refractivity contribution in [2.45, 2.75) is 18.7 Å². The largest absolute Gasteiger partial charge is 0.333 e. The summed E-state index contributed by atoms with van der Waals surface area (Å²) in [5.41, 5.74) is 1.52. The molecule has 1 aromatic rings. The maximum Gasteiger partial charge on any atom is 0.286 e. The van der Waals surface area contributed by atoms with E-state index in [4.69, 9.17) is 0 Å². The highest BCUT2D eigenvalue weighted by Crippen LogP contribution is 2.29. The first-order valence-electron chi connectivity index (χ1n) is 4.88. The minimum Gasteiger partial charge on any atom is -0.333 e. The summed E-state index contributed by atoms with van der Waals surface area (Å²) >= 11 is 1.38. The molecule has 0 radical (unpaired) electrons. The van der Waals surface area contributed by atoms with E-state index in [2.05, 4.69) is 9.71 Å². The van der Waals surface area contributed by atoms with Crippen molar-refractivity contribution in [2.24, 2.45) is 4.40 Å². The summed E-state index contributed by atoms with van der Waals surface area (Å²) < 4.78 is 27.5. The minimum absolute atomic E-state index is 0.257. The Kier molecular flexibility index (Phi) is 2.94. The van der Waals surface area contributed by atoms with E-state index in [9.17, 15) is 8.42 Å². The predicted octanol–water partition coefficient (Wildman–Crippen LogP) is 2.22. The molecular weight excluding hydrogens is 244 g/mol. The topological polar surface area (TPSA) is 58.5 Å². The van der Waals surface area contributed by atoms with Gasteiger partial charge in [0, 0.05) is 0 Å². The molecule has 0 atom stereocenters. The highest BCUT2D eigenvalue weighted by molar-refractivity contribution is 8.14. The van der Waals surface area contributed by atoms with E-state index in [0.717, 1.165) is 11.3 Å². The third-order valence-electron chi connectivity index (χ3n) is 2.14. The van der Waals surface area contributed by atoms with Crippen LogP contribution in [-0.4, -0.2) is 19.3 Å². The lowest BCUT2D eigenvalue weighted by Gasteiger charge is -2.17. The van der Waals surface area contributed by atoms with Crippen molar-refractivity contribution in [2.75, 3.05) is 11.1 Å². The second-order valence-electron chi connectivity index (χ2n) is 3.43. The molecule has 0 saturated carbocycles. The molecule has 0 bridgehead atoms. The molecule has 1 aliphatic heterocycles. The van der Waals surface area contributed by atoms with Crippen molar-refractivity contribution in [3.8, 4) is 0 Å². The quantitative estimate of drug-likeness (QED) is 0.837. The maximum absolute atomic E-state index is 11.9. The van der Waals surface area contributed by atoms with Crippen molar-refractivity contribution in [1.82, 2.24) is 0 Å². The van der Waals surface area contributed by atoms with E-state index in [1.54, 1.807) is 12.1 Å². The van der Waals surface area contributed by atoms with Gasteiger partial charge in [0.25, 0.3) is 10.0 Å². The third-order valence-corrected chi connectivity index (χ3v) is 4.33. The second-order valence-corrected chi connectivity index (χ2v) is 6.25. The van der Waals surface area contributed by atoms with Gasteiger partial charge in [-0.2, -0.15) is 8.42 Å². The van der Waals surface area contributed by atoms with Crippen molar-refractivity contribution in [1.29, 1.82) is 0 Å². The smallest absolute Gasteiger partial charge is 0.286 e. The van der Waals surface area contributed by atoms with Crippen molar-refractivity contribution >= 4 is 32.6 Å². The van der Waals surface area contributed by atoms with E-state index < -0.39 is 10.0 Å². The average molecular weight is 256 g/mol. The Morgan fingerprint density at radius 3 is 2.88 bits per heavy atom. The van der Waals surface area contributed by atoms with Crippen molar-refractivity contribution in [3.05, 3.63) is 23.8 Å². The van der Waals surface area contributed by atoms with Crippen LogP contribution in [0.1, 0.15) is 12.5 Å². The molecule has 0 fully saturated rings. The number of hydrogen-bond acceptors (Lipinski definition) is 4. The van der Waals surface area contributed by atoms with E-state index in [0.29, 0.717) is 10.9 Å². The number of nitrogens with one attached hydrogen (secondary N) is 1. The molecule has 0 unspecified atom stereocenters. The van der Waals surface area contributed by atoms with Gasteiger partial charge >= 0.3 is 0 Å². The number of benzene rings is 1. The SMILES string of the molecule is CCSC1=NS(=O)(=O)c2cc(C)ccc2N1. The first-order chi connectivity index (χ1) is 7.53. The van der Waals surface area contributed by atoms with Gasteiger partial charge in [-0.25, -0.2) is 0 Å². The molecule has 0 spiro atoms. The lowest BCUT2D eigenvalue weighted by atomic mass is 10.2. The Balaban J connectivity index is 2.53. The number of aryl methyl sites for hydroxylation is 1. The molecule has 1 N–H and O–H groups in total. The molecule has 1 aliphatic rings. The zero-order valence-electron chi connectivity index (χ0n) is 9.02. The summed E-state index contributed by atoms with van der Waals surface area (Å²) in [6.45, 7) is 3.81. The first kappa shape index (κ1) is 11.5. The average Bonchev–Trinajstić information content (AvgIpc) is 2.19. The van der Waals surface area contributed by atoms with Gasteiger partial charge in [0.2, 0.25) is 0 Å².